The van der Waals surface area contributed by atoms with Crippen LogP contribution in [0.25, 0.3) is 0 Å². The van der Waals surface area contributed by atoms with Gasteiger partial charge < -0.3 is 15.0 Å². The van der Waals surface area contributed by atoms with E-state index < -0.39 is 11.7 Å². The van der Waals surface area contributed by atoms with E-state index >= 15 is 0 Å². The van der Waals surface area contributed by atoms with E-state index in [1.807, 2.05) is 0 Å². The molecule has 122 valence electrons. The second kappa shape index (κ2) is 8.57. The lowest BCUT2D eigenvalue weighted by Crippen LogP contribution is -2.27. The standard InChI is InChI=1S/C14H21N3O4S/c1-8(2)5-6-15-10(18)7-22-12-11(13(19)21-4)9(3)16-14(20)17-12/h8H,5-7H2,1-4H3,(H,15,18)(H,16,17,20). The third-order valence-electron chi connectivity index (χ3n) is 2.86. The number of nitrogens with one attached hydrogen (secondary N) is 2. The summed E-state index contributed by atoms with van der Waals surface area (Å²) in [6.45, 7) is 6.34. The Labute approximate surface area is 133 Å². The second-order valence-corrected chi connectivity index (χ2v) is 6.12. The first-order valence-corrected chi connectivity index (χ1v) is 7.92. The zero-order valence-electron chi connectivity index (χ0n) is 13.2. The topological polar surface area (TPSA) is 101 Å². The monoisotopic (exact) mass is 327 g/mol. The van der Waals surface area contributed by atoms with Crippen LogP contribution in [0.1, 0.15) is 36.3 Å². The summed E-state index contributed by atoms with van der Waals surface area (Å²) in [4.78, 5) is 41.2. The van der Waals surface area contributed by atoms with E-state index in [0.29, 0.717) is 18.2 Å². The van der Waals surface area contributed by atoms with Gasteiger partial charge >= 0.3 is 11.7 Å². The van der Waals surface area contributed by atoms with Crippen molar-refractivity contribution in [3.63, 3.8) is 0 Å². The second-order valence-electron chi connectivity index (χ2n) is 5.16. The van der Waals surface area contributed by atoms with Crippen LogP contribution in [0, 0.1) is 12.8 Å². The van der Waals surface area contributed by atoms with Gasteiger partial charge in [-0.3, -0.25) is 4.79 Å². The molecule has 8 heteroatoms. The van der Waals surface area contributed by atoms with Crippen molar-refractivity contribution in [2.24, 2.45) is 5.92 Å². The predicted octanol–water partition coefficient (Wildman–Crippen LogP) is 1.12. The molecule has 7 nitrogen and oxygen atoms in total. The van der Waals surface area contributed by atoms with Gasteiger partial charge in [0.1, 0.15) is 10.6 Å². The van der Waals surface area contributed by atoms with Gasteiger partial charge in [0.25, 0.3) is 0 Å². The lowest BCUT2D eigenvalue weighted by atomic mass is 10.1. The summed E-state index contributed by atoms with van der Waals surface area (Å²) in [6, 6.07) is 0. The molecule has 1 amide bonds. The molecule has 0 aliphatic rings. The number of methoxy groups -OCH3 is 1. The average Bonchev–Trinajstić information content (AvgIpc) is 2.43. The first-order valence-electron chi connectivity index (χ1n) is 6.93. The number of nitrogens with zero attached hydrogens (tertiary/aromatic N) is 1. The fraction of sp³-hybridized carbons (Fsp3) is 0.571. The molecule has 1 aromatic heterocycles. The number of hydrogen-bond acceptors (Lipinski definition) is 6. The van der Waals surface area contributed by atoms with Crippen LogP contribution in [0.15, 0.2) is 9.82 Å². The normalized spacial score (nSPS) is 10.6. The summed E-state index contributed by atoms with van der Waals surface area (Å²) in [5, 5.41) is 2.99. The van der Waals surface area contributed by atoms with Gasteiger partial charge in [-0.1, -0.05) is 25.6 Å². The van der Waals surface area contributed by atoms with Crippen LogP contribution >= 0.6 is 11.8 Å². The van der Waals surface area contributed by atoms with Gasteiger partial charge in [-0.15, -0.1) is 0 Å². The number of aryl methyl sites for hydroxylation is 1. The minimum atomic E-state index is -0.594. The molecular weight excluding hydrogens is 306 g/mol. The zero-order valence-corrected chi connectivity index (χ0v) is 14.0. The van der Waals surface area contributed by atoms with Crippen LogP contribution in [-0.2, 0) is 9.53 Å². The maximum atomic E-state index is 11.8. The highest BCUT2D eigenvalue weighted by atomic mass is 32.2. The van der Waals surface area contributed by atoms with E-state index in [0.717, 1.165) is 18.2 Å². The average molecular weight is 327 g/mol. The Hall–Kier alpha value is -1.83. The molecule has 0 aromatic carbocycles. The molecule has 0 aliphatic heterocycles. The van der Waals surface area contributed by atoms with Crippen LogP contribution in [0.4, 0.5) is 0 Å². The molecule has 2 N–H and O–H groups in total. The molecule has 0 saturated heterocycles. The largest absolute Gasteiger partial charge is 0.465 e. The van der Waals surface area contributed by atoms with Gasteiger partial charge in [-0.2, -0.15) is 4.98 Å². The number of aromatic nitrogens is 2. The fourth-order valence-electron chi connectivity index (χ4n) is 1.69. The summed E-state index contributed by atoms with van der Waals surface area (Å²) in [5.41, 5.74) is -0.00971. The summed E-state index contributed by atoms with van der Waals surface area (Å²) >= 11 is 1.04. The minimum absolute atomic E-state index is 0.0813. The number of amides is 1. The van der Waals surface area contributed by atoms with E-state index in [4.69, 9.17) is 0 Å². The van der Waals surface area contributed by atoms with E-state index in [9.17, 15) is 14.4 Å². The first-order chi connectivity index (χ1) is 10.3. The van der Waals surface area contributed by atoms with Crippen molar-refractivity contribution in [2.75, 3.05) is 19.4 Å². The summed E-state index contributed by atoms with van der Waals surface area (Å²) in [7, 11) is 1.25. The van der Waals surface area contributed by atoms with Crippen LogP contribution in [0.3, 0.4) is 0 Å². The van der Waals surface area contributed by atoms with Crippen LogP contribution in [0.2, 0.25) is 0 Å². The van der Waals surface area contributed by atoms with Crippen molar-refractivity contribution in [2.45, 2.75) is 32.2 Å². The number of thioether (sulfide) groups is 1. The van der Waals surface area contributed by atoms with Crippen molar-refractivity contribution < 1.29 is 14.3 Å². The number of carbonyl (C=O) groups is 2. The number of rotatable bonds is 7. The molecule has 0 unspecified atom stereocenters. The number of ether oxygens (including phenoxy) is 1. The van der Waals surface area contributed by atoms with Gasteiger partial charge in [0.2, 0.25) is 5.91 Å². The Bertz CT molecular complexity index is 598. The zero-order chi connectivity index (χ0) is 16.7. The summed E-state index contributed by atoms with van der Waals surface area (Å²) in [6.07, 6.45) is 0.895. The molecule has 1 heterocycles. The third-order valence-corrected chi connectivity index (χ3v) is 3.84. The van der Waals surface area contributed by atoms with Gasteiger partial charge in [-0.25, -0.2) is 9.59 Å². The molecule has 0 spiro atoms. The smallest absolute Gasteiger partial charge is 0.346 e. The highest BCUT2D eigenvalue weighted by molar-refractivity contribution is 8.00. The highest BCUT2D eigenvalue weighted by Crippen LogP contribution is 2.21. The number of hydrogen-bond donors (Lipinski definition) is 2. The highest BCUT2D eigenvalue weighted by Gasteiger charge is 2.19. The Morgan fingerprint density at radius 1 is 1.41 bits per heavy atom. The van der Waals surface area contributed by atoms with Crippen molar-refractivity contribution >= 4 is 23.6 Å². The predicted molar refractivity (Wildman–Crippen MR) is 84.1 cm³/mol. The maximum absolute atomic E-state index is 11.8. The van der Waals surface area contributed by atoms with Gasteiger partial charge in [0.05, 0.1) is 12.9 Å². The molecule has 0 aliphatic carbocycles. The number of aromatic amines is 1. The molecule has 22 heavy (non-hydrogen) atoms. The van der Waals surface area contributed by atoms with Crippen molar-refractivity contribution in [1.82, 2.24) is 15.3 Å². The van der Waals surface area contributed by atoms with Crippen LogP contribution < -0.4 is 11.0 Å². The first kappa shape index (κ1) is 18.2. The van der Waals surface area contributed by atoms with Gasteiger partial charge in [-0.05, 0) is 19.3 Å². The molecule has 0 atom stereocenters. The number of H-pyrrole nitrogens is 1. The van der Waals surface area contributed by atoms with E-state index in [1.165, 1.54) is 7.11 Å². The van der Waals surface area contributed by atoms with Crippen LogP contribution in [-0.4, -0.2) is 41.3 Å². The maximum Gasteiger partial charge on any atom is 0.346 e. The van der Waals surface area contributed by atoms with Crippen LogP contribution in [0.5, 0.6) is 0 Å². The lowest BCUT2D eigenvalue weighted by molar-refractivity contribution is -0.118. The summed E-state index contributed by atoms with van der Waals surface area (Å²) in [5.74, 6) is -0.168. The Kier molecular flexibility index (Phi) is 7.10. The molecule has 0 saturated carbocycles. The quantitative estimate of drug-likeness (QED) is 0.442. The molecule has 0 bridgehead atoms. The third kappa shape index (κ3) is 5.51. The fourth-order valence-corrected chi connectivity index (χ4v) is 2.59. The number of carbonyl (C=O) groups excluding carboxylic acids is 2. The Morgan fingerprint density at radius 3 is 2.68 bits per heavy atom. The molecule has 0 radical (unpaired) electrons. The van der Waals surface area contributed by atoms with Gasteiger partial charge in [0, 0.05) is 12.2 Å². The lowest BCUT2D eigenvalue weighted by Gasteiger charge is -2.09. The SMILES string of the molecule is COC(=O)c1c(SCC(=O)NCCC(C)C)nc(=O)[nH]c1C. The van der Waals surface area contributed by atoms with Crippen molar-refractivity contribution in [3.8, 4) is 0 Å². The van der Waals surface area contributed by atoms with Crippen molar-refractivity contribution in [1.29, 1.82) is 0 Å². The molecule has 1 rings (SSSR count). The Balaban J connectivity index is 2.74. The summed E-state index contributed by atoms with van der Waals surface area (Å²) < 4.78 is 4.68. The molecule has 0 fully saturated rings. The van der Waals surface area contributed by atoms with Gasteiger partial charge in [0.15, 0.2) is 0 Å². The number of esters is 1. The van der Waals surface area contributed by atoms with E-state index in [1.54, 1.807) is 6.92 Å². The minimum Gasteiger partial charge on any atom is -0.465 e. The molecule has 1 aromatic rings. The van der Waals surface area contributed by atoms with Crippen molar-refractivity contribution in [3.05, 3.63) is 21.7 Å². The Morgan fingerprint density at radius 2 is 2.09 bits per heavy atom. The van der Waals surface area contributed by atoms with E-state index in [-0.39, 0.29) is 22.2 Å². The molecular formula is C14H21N3O4S. The van der Waals surface area contributed by atoms with E-state index in [2.05, 4.69) is 33.9 Å².